The summed E-state index contributed by atoms with van der Waals surface area (Å²) in [7, 11) is 0. The molecule has 0 unspecified atom stereocenters. The fourth-order valence-electron chi connectivity index (χ4n) is 8.93. The van der Waals surface area contributed by atoms with Gasteiger partial charge < -0.3 is 10.2 Å². The molecule has 3 aliphatic carbocycles. The summed E-state index contributed by atoms with van der Waals surface area (Å²) in [5.41, 5.74) is 0.557. The summed E-state index contributed by atoms with van der Waals surface area (Å²) in [6.45, 7) is 8.22. The second kappa shape index (κ2) is 10.7. The smallest absolute Gasteiger partial charge is 0.220 e. The Bertz CT molecular complexity index is 681. The summed E-state index contributed by atoms with van der Waals surface area (Å²) in [5.74, 6) is 2.53. The van der Waals surface area contributed by atoms with Crippen molar-refractivity contribution in [3.63, 3.8) is 0 Å². The van der Waals surface area contributed by atoms with Crippen molar-refractivity contribution in [3.05, 3.63) is 0 Å². The van der Waals surface area contributed by atoms with Crippen LogP contribution in [0.5, 0.6) is 0 Å². The van der Waals surface area contributed by atoms with Gasteiger partial charge in [-0.3, -0.25) is 9.59 Å². The molecule has 4 fully saturated rings. The molecule has 0 bridgehead atoms. The van der Waals surface area contributed by atoms with Gasteiger partial charge in [0.15, 0.2) is 0 Å². The van der Waals surface area contributed by atoms with Crippen LogP contribution in [0.1, 0.15) is 124 Å². The maximum Gasteiger partial charge on any atom is 0.220 e. The molecule has 4 aliphatic rings. The van der Waals surface area contributed by atoms with Gasteiger partial charge in [-0.1, -0.05) is 65.7 Å². The molecule has 4 rings (SSSR count). The van der Waals surface area contributed by atoms with E-state index in [4.69, 9.17) is 0 Å². The van der Waals surface area contributed by atoms with Gasteiger partial charge in [-0.25, -0.2) is 0 Å². The summed E-state index contributed by atoms with van der Waals surface area (Å²) in [6, 6.07) is 0.817. The van der Waals surface area contributed by atoms with E-state index in [0.29, 0.717) is 18.5 Å². The summed E-state index contributed by atoms with van der Waals surface area (Å²) in [5, 5.41) is 3.35. The Balaban J connectivity index is 1.33. The van der Waals surface area contributed by atoms with Crippen LogP contribution in [0, 0.1) is 28.6 Å². The molecule has 3 saturated carbocycles. The molecule has 4 heteroatoms. The lowest BCUT2D eigenvalue weighted by Crippen LogP contribution is -2.61. The number of unbranched alkanes of at least 4 members (excludes halogenated alkanes) is 7. The van der Waals surface area contributed by atoms with Crippen LogP contribution in [0.4, 0.5) is 0 Å². The lowest BCUT2D eigenvalue weighted by molar-refractivity contribution is -0.138. The molecule has 0 aromatic rings. The van der Waals surface area contributed by atoms with Gasteiger partial charge in [0, 0.05) is 25.0 Å². The number of carbonyl (C=O) groups excluding carboxylic acids is 2. The minimum absolute atomic E-state index is 0.264. The number of rotatable bonds is 11. The SMILES string of the molecule is CCCCCCCCCCN(C=O)[C@H]1CC[C@H]2[C@@H]3CC[C@H]4NC(=O)CC[C@]4(C)[C@H]3CC[C@]12C. The Kier molecular flexibility index (Phi) is 8.11. The normalized spacial score (nSPS) is 39.8. The standard InChI is InChI=1S/C29H50N2O2/c1-4-5-6-7-8-9-10-11-20-31(21-32)26-15-13-23-22-12-14-25-28(2,19-17-27(33)30-25)24(22)16-18-29(23,26)3/h21-26H,4-20H2,1-3H3,(H,30,33)/t22-,23-,24-,25+,26-,28+,29-/m0/s1. The van der Waals surface area contributed by atoms with Crippen LogP contribution in [0.3, 0.4) is 0 Å². The van der Waals surface area contributed by atoms with Crippen LogP contribution >= 0.6 is 0 Å². The number of fused-ring (bicyclic) bond motifs is 5. The monoisotopic (exact) mass is 458 g/mol. The van der Waals surface area contributed by atoms with E-state index in [0.717, 1.165) is 43.6 Å². The predicted molar refractivity (Wildman–Crippen MR) is 135 cm³/mol. The zero-order valence-electron chi connectivity index (χ0n) is 21.7. The number of nitrogens with zero attached hydrogens (tertiary/aromatic N) is 1. The van der Waals surface area contributed by atoms with Crippen LogP contribution in [-0.2, 0) is 9.59 Å². The predicted octanol–water partition coefficient (Wildman–Crippen LogP) is 6.48. The zero-order chi connectivity index (χ0) is 23.5. The molecule has 4 nitrogen and oxygen atoms in total. The van der Waals surface area contributed by atoms with Crippen molar-refractivity contribution in [2.75, 3.05) is 6.54 Å². The number of piperidine rings is 1. The van der Waals surface area contributed by atoms with Crippen molar-refractivity contribution in [3.8, 4) is 0 Å². The average Bonchev–Trinajstić information content (AvgIpc) is 3.16. The van der Waals surface area contributed by atoms with Crippen molar-refractivity contribution in [1.82, 2.24) is 10.2 Å². The van der Waals surface area contributed by atoms with Crippen LogP contribution in [0.15, 0.2) is 0 Å². The first-order valence-electron chi connectivity index (χ1n) is 14.4. The van der Waals surface area contributed by atoms with Gasteiger partial charge in [0.2, 0.25) is 12.3 Å². The molecule has 1 N–H and O–H groups in total. The van der Waals surface area contributed by atoms with Crippen LogP contribution in [0.2, 0.25) is 0 Å². The number of carbonyl (C=O) groups is 2. The van der Waals surface area contributed by atoms with Gasteiger partial charge in [0.25, 0.3) is 0 Å². The van der Waals surface area contributed by atoms with Gasteiger partial charge in [-0.2, -0.15) is 0 Å². The van der Waals surface area contributed by atoms with Crippen molar-refractivity contribution >= 4 is 12.3 Å². The van der Waals surface area contributed by atoms with E-state index >= 15 is 0 Å². The fraction of sp³-hybridized carbons (Fsp3) is 0.931. The Hall–Kier alpha value is -1.06. The molecule has 1 saturated heterocycles. The number of nitrogens with one attached hydrogen (secondary N) is 1. The highest BCUT2D eigenvalue weighted by Gasteiger charge is 2.61. The second-order valence-corrected chi connectivity index (χ2v) is 12.5. The van der Waals surface area contributed by atoms with Crippen molar-refractivity contribution in [2.45, 2.75) is 136 Å². The van der Waals surface area contributed by atoms with Crippen LogP contribution in [-0.4, -0.2) is 35.8 Å². The topological polar surface area (TPSA) is 49.4 Å². The summed E-state index contributed by atoms with van der Waals surface area (Å²) in [6.07, 6.45) is 20.9. The molecule has 1 aliphatic heterocycles. The molecule has 1 heterocycles. The van der Waals surface area contributed by atoms with Crippen molar-refractivity contribution in [2.24, 2.45) is 28.6 Å². The molecular formula is C29H50N2O2. The third kappa shape index (κ3) is 4.87. The van der Waals surface area contributed by atoms with E-state index in [9.17, 15) is 9.59 Å². The van der Waals surface area contributed by atoms with E-state index in [-0.39, 0.29) is 16.7 Å². The maximum absolute atomic E-state index is 12.2. The molecule has 188 valence electrons. The van der Waals surface area contributed by atoms with Gasteiger partial charge in [0.1, 0.15) is 0 Å². The van der Waals surface area contributed by atoms with Crippen LogP contribution in [0.25, 0.3) is 0 Å². The van der Waals surface area contributed by atoms with Gasteiger partial charge in [0.05, 0.1) is 0 Å². The highest BCUT2D eigenvalue weighted by molar-refractivity contribution is 5.77. The molecule has 7 atom stereocenters. The first kappa shape index (κ1) is 25.0. The lowest BCUT2D eigenvalue weighted by atomic mass is 9.47. The maximum atomic E-state index is 12.2. The first-order valence-corrected chi connectivity index (χ1v) is 14.4. The molecule has 0 aromatic heterocycles. The fourth-order valence-corrected chi connectivity index (χ4v) is 8.93. The Morgan fingerprint density at radius 2 is 1.58 bits per heavy atom. The number of amides is 2. The zero-order valence-corrected chi connectivity index (χ0v) is 21.7. The molecule has 0 radical (unpaired) electrons. The second-order valence-electron chi connectivity index (χ2n) is 12.5. The largest absolute Gasteiger partial charge is 0.353 e. The Morgan fingerprint density at radius 1 is 0.879 bits per heavy atom. The highest BCUT2D eigenvalue weighted by Crippen LogP contribution is 2.64. The molecular weight excluding hydrogens is 408 g/mol. The average molecular weight is 459 g/mol. The molecule has 0 spiro atoms. The molecule has 0 aromatic carbocycles. The van der Waals surface area contributed by atoms with E-state index in [1.54, 1.807) is 0 Å². The minimum atomic E-state index is 0.264. The van der Waals surface area contributed by atoms with E-state index in [1.165, 1.54) is 83.5 Å². The van der Waals surface area contributed by atoms with E-state index in [2.05, 4.69) is 31.0 Å². The summed E-state index contributed by atoms with van der Waals surface area (Å²) in [4.78, 5) is 26.4. The summed E-state index contributed by atoms with van der Waals surface area (Å²) >= 11 is 0. The molecule has 2 amide bonds. The van der Waals surface area contributed by atoms with Gasteiger partial charge in [-0.15, -0.1) is 0 Å². The van der Waals surface area contributed by atoms with Gasteiger partial charge >= 0.3 is 0 Å². The van der Waals surface area contributed by atoms with E-state index < -0.39 is 0 Å². The first-order chi connectivity index (χ1) is 15.9. The summed E-state index contributed by atoms with van der Waals surface area (Å²) < 4.78 is 0. The number of hydrogen-bond donors (Lipinski definition) is 1. The Labute approximate surface area is 203 Å². The lowest BCUT2D eigenvalue weighted by Gasteiger charge is -2.60. The third-order valence-corrected chi connectivity index (χ3v) is 10.9. The number of hydrogen-bond acceptors (Lipinski definition) is 2. The quantitative estimate of drug-likeness (QED) is 0.285. The Morgan fingerprint density at radius 3 is 2.30 bits per heavy atom. The highest BCUT2D eigenvalue weighted by atomic mass is 16.1. The third-order valence-electron chi connectivity index (χ3n) is 10.9. The van der Waals surface area contributed by atoms with Crippen molar-refractivity contribution < 1.29 is 9.59 Å². The van der Waals surface area contributed by atoms with Gasteiger partial charge in [-0.05, 0) is 80.0 Å². The molecule has 33 heavy (non-hydrogen) atoms. The van der Waals surface area contributed by atoms with Crippen LogP contribution < -0.4 is 5.32 Å². The van der Waals surface area contributed by atoms with E-state index in [1.807, 2.05) is 0 Å². The van der Waals surface area contributed by atoms with Crippen molar-refractivity contribution in [1.29, 1.82) is 0 Å². The minimum Gasteiger partial charge on any atom is -0.353 e.